The maximum absolute atomic E-state index is 11.8. The molecule has 0 spiro atoms. The van der Waals surface area contributed by atoms with Crippen LogP contribution in [0.2, 0.25) is 0 Å². The molecule has 0 aliphatic carbocycles. The lowest BCUT2D eigenvalue weighted by atomic mass is 9.85. The van der Waals surface area contributed by atoms with Crippen molar-refractivity contribution in [3.63, 3.8) is 0 Å². The summed E-state index contributed by atoms with van der Waals surface area (Å²) in [6.07, 6.45) is 1.43. The number of carbonyl (C=O) groups is 1. The average molecular weight is 282 g/mol. The predicted octanol–water partition coefficient (Wildman–Crippen LogP) is 1.84. The van der Waals surface area contributed by atoms with E-state index in [2.05, 4.69) is 38.1 Å². The normalized spacial score (nSPS) is 11.3. The Morgan fingerprint density at radius 2 is 2.00 bits per heavy atom. The summed E-state index contributed by atoms with van der Waals surface area (Å²) in [6, 6.07) is 1.28. The Morgan fingerprint density at radius 3 is 2.45 bits per heavy atom. The number of amides is 1. The summed E-state index contributed by atoms with van der Waals surface area (Å²) in [4.78, 5) is 21.7. The number of nitrogens with one attached hydrogen (secondary N) is 1. The first-order valence-corrected chi connectivity index (χ1v) is 6.75. The molecule has 0 fully saturated rings. The van der Waals surface area contributed by atoms with Crippen molar-refractivity contribution in [3.8, 4) is 0 Å². The molecule has 0 aliphatic heterocycles. The number of hydrogen-bond donors (Lipinski definition) is 1. The van der Waals surface area contributed by atoms with Crippen molar-refractivity contribution < 1.29 is 9.72 Å². The van der Waals surface area contributed by atoms with Crippen molar-refractivity contribution >= 4 is 11.7 Å². The van der Waals surface area contributed by atoms with Gasteiger partial charge in [0.25, 0.3) is 0 Å². The molecule has 7 heteroatoms. The second-order valence-corrected chi connectivity index (χ2v) is 5.58. The first-order chi connectivity index (χ1) is 9.31. The molecular formula is C13H22N4O3. The summed E-state index contributed by atoms with van der Waals surface area (Å²) in [5, 5.41) is 17.1. The Bertz CT molecular complexity index is 460. The number of aromatic nitrogens is 2. The Kier molecular flexibility index (Phi) is 5.66. The molecule has 0 radical (unpaired) electrons. The number of nitro groups is 1. The third-order valence-corrected chi connectivity index (χ3v) is 3.37. The van der Waals surface area contributed by atoms with E-state index in [1.807, 2.05) is 0 Å². The van der Waals surface area contributed by atoms with E-state index >= 15 is 0 Å². The zero-order chi connectivity index (χ0) is 15.3. The van der Waals surface area contributed by atoms with E-state index in [9.17, 15) is 14.9 Å². The number of carbonyl (C=O) groups excluding carboxylic acids is 1. The summed E-state index contributed by atoms with van der Waals surface area (Å²) in [6.45, 7) is 9.14. The zero-order valence-electron chi connectivity index (χ0n) is 12.4. The van der Waals surface area contributed by atoms with E-state index in [4.69, 9.17) is 0 Å². The SMILES string of the molecule is CC(C)C(CNC(=O)Cn1ccc([N+](=O)[O-])n1)C(C)C. The van der Waals surface area contributed by atoms with Crippen LogP contribution in [-0.2, 0) is 11.3 Å². The van der Waals surface area contributed by atoms with E-state index in [-0.39, 0.29) is 18.3 Å². The lowest BCUT2D eigenvalue weighted by Gasteiger charge is -2.24. The van der Waals surface area contributed by atoms with E-state index in [0.717, 1.165) is 0 Å². The van der Waals surface area contributed by atoms with Gasteiger partial charge in [-0.1, -0.05) is 27.7 Å². The van der Waals surface area contributed by atoms with Crippen LogP contribution in [0.25, 0.3) is 0 Å². The molecule has 0 aliphatic rings. The molecule has 1 aromatic rings. The average Bonchev–Trinajstić information content (AvgIpc) is 2.76. The first kappa shape index (κ1) is 16.1. The van der Waals surface area contributed by atoms with Crippen molar-refractivity contribution in [1.82, 2.24) is 15.1 Å². The maximum atomic E-state index is 11.8. The van der Waals surface area contributed by atoms with Gasteiger partial charge in [0, 0.05) is 6.54 Å². The topological polar surface area (TPSA) is 90.1 Å². The second kappa shape index (κ2) is 7.02. The molecule has 20 heavy (non-hydrogen) atoms. The fraction of sp³-hybridized carbons (Fsp3) is 0.692. The maximum Gasteiger partial charge on any atom is 0.389 e. The molecule has 0 atom stereocenters. The molecule has 112 valence electrons. The van der Waals surface area contributed by atoms with Gasteiger partial charge in [-0.2, -0.15) is 4.68 Å². The molecular weight excluding hydrogens is 260 g/mol. The quantitative estimate of drug-likeness (QED) is 0.610. The molecule has 7 nitrogen and oxygen atoms in total. The second-order valence-electron chi connectivity index (χ2n) is 5.58. The van der Waals surface area contributed by atoms with Gasteiger partial charge in [0.15, 0.2) is 0 Å². The van der Waals surface area contributed by atoms with Crippen LogP contribution in [0.5, 0.6) is 0 Å². The van der Waals surface area contributed by atoms with Crippen molar-refractivity contribution in [2.45, 2.75) is 34.2 Å². The molecule has 0 bridgehead atoms. The molecule has 0 aromatic carbocycles. The standard InChI is InChI=1S/C13H22N4O3/c1-9(2)11(10(3)4)7-14-13(18)8-16-6-5-12(15-16)17(19)20/h5-6,9-11H,7-8H2,1-4H3,(H,14,18). The molecule has 0 saturated heterocycles. The molecule has 0 saturated carbocycles. The van der Waals surface area contributed by atoms with Crippen LogP contribution in [0, 0.1) is 27.9 Å². The van der Waals surface area contributed by atoms with Crippen LogP contribution in [0.4, 0.5) is 5.82 Å². The van der Waals surface area contributed by atoms with Gasteiger partial charge in [-0.25, -0.2) is 0 Å². The highest BCUT2D eigenvalue weighted by molar-refractivity contribution is 5.75. The van der Waals surface area contributed by atoms with Crippen molar-refractivity contribution in [1.29, 1.82) is 0 Å². The molecule has 1 amide bonds. The van der Waals surface area contributed by atoms with Crippen LogP contribution < -0.4 is 5.32 Å². The van der Waals surface area contributed by atoms with Crippen LogP contribution in [-0.4, -0.2) is 27.2 Å². The fourth-order valence-corrected chi connectivity index (χ4v) is 2.21. The van der Waals surface area contributed by atoms with Crippen LogP contribution in [0.1, 0.15) is 27.7 Å². The van der Waals surface area contributed by atoms with E-state index in [1.165, 1.54) is 16.9 Å². The highest BCUT2D eigenvalue weighted by atomic mass is 16.6. The third-order valence-electron chi connectivity index (χ3n) is 3.37. The minimum Gasteiger partial charge on any atom is -0.358 e. The number of rotatable bonds is 7. The summed E-state index contributed by atoms with van der Waals surface area (Å²) in [5.41, 5.74) is 0. The van der Waals surface area contributed by atoms with Crippen molar-refractivity contribution in [3.05, 3.63) is 22.4 Å². The summed E-state index contributed by atoms with van der Waals surface area (Å²) in [5.74, 6) is 0.947. The molecule has 1 N–H and O–H groups in total. The minimum atomic E-state index is -0.581. The van der Waals surface area contributed by atoms with E-state index in [0.29, 0.717) is 24.3 Å². The Hall–Kier alpha value is -1.92. The van der Waals surface area contributed by atoms with Gasteiger partial charge in [-0.05, 0) is 22.7 Å². The van der Waals surface area contributed by atoms with Gasteiger partial charge in [0.1, 0.15) is 6.54 Å². The van der Waals surface area contributed by atoms with Crippen molar-refractivity contribution in [2.75, 3.05) is 6.54 Å². The zero-order valence-corrected chi connectivity index (χ0v) is 12.4. The van der Waals surface area contributed by atoms with Gasteiger partial charge >= 0.3 is 5.82 Å². The lowest BCUT2D eigenvalue weighted by molar-refractivity contribution is -0.389. The minimum absolute atomic E-state index is 0.00322. The van der Waals surface area contributed by atoms with Crippen LogP contribution in [0.15, 0.2) is 12.3 Å². The molecule has 0 unspecified atom stereocenters. The Labute approximate surface area is 118 Å². The summed E-state index contributed by atoms with van der Waals surface area (Å²) < 4.78 is 1.27. The van der Waals surface area contributed by atoms with Gasteiger partial charge < -0.3 is 15.4 Å². The van der Waals surface area contributed by atoms with Gasteiger partial charge in [-0.3, -0.25) is 4.79 Å². The lowest BCUT2D eigenvalue weighted by Crippen LogP contribution is -2.35. The Morgan fingerprint density at radius 1 is 1.40 bits per heavy atom. The molecule has 1 heterocycles. The molecule has 1 rings (SSSR count). The fourth-order valence-electron chi connectivity index (χ4n) is 2.21. The van der Waals surface area contributed by atoms with Crippen LogP contribution in [0.3, 0.4) is 0 Å². The highest BCUT2D eigenvalue weighted by Gasteiger charge is 2.19. The Balaban J connectivity index is 2.48. The third kappa shape index (κ3) is 4.64. The largest absolute Gasteiger partial charge is 0.389 e. The number of hydrogen-bond acceptors (Lipinski definition) is 4. The molecule has 1 aromatic heterocycles. The first-order valence-electron chi connectivity index (χ1n) is 6.75. The van der Waals surface area contributed by atoms with E-state index in [1.54, 1.807) is 0 Å². The number of nitrogens with zero attached hydrogens (tertiary/aromatic N) is 3. The van der Waals surface area contributed by atoms with Gasteiger partial charge in [0.2, 0.25) is 5.91 Å². The van der Waals surface area contributed by atoms with E-state index < -0.39 is 4.92 Å². The summed E-state index contributed by atoms with van der Waals surface area (Å²) >= 11 is 0. The smallest absolute Gasteiger partial charge is 0.358 e. The monoisotopic (exact) mass is 282 g/mol. The van der Waals surface area contributed by atoms with Gasteiger partial charge in [0.05, 0.1) is 17.4 Å². The highest BCUT2D eigenvalue weighted by Crippen LogP contribution is 2.19. The van der Waals surface area contributed by atoms with Crippen LogP contribution >= 0.6 is 0 Å². The van der Waals surface area contributed by atoms with Crippen molar-refractivity contribution in [2.24, 2.45) is 17.8 Å². The summed E-state index contributed by atoms with van der Waals surface area (Å²) in [7, 11) is 0. The van der Waals surface area contributed by atoms with Gasteiger partial charge in [-0.15, -0.1) is 0 Å². The predicted molar refractivity (Wildman–Crippen MR) is 75.1 cm³/mol.